The van der Waals surface area contributed by atoms with Gasteiger partial charge >= 0.3 is 6.03 Å². The average Bonchev–Trinajstić information content (AvgIpc) is 3.26. The molecule has 1 aliphatic rings. The Kier molecular flexibility index (Phi) is 6.34. The molecule has 2 N–H and O–H groups in total. The molecular formula is C23H17ClN2O6S. The lowest BCUT2D eigenvalue weighted by molar-refractivity contribution is 0.104. The Hall–Kier alpha value is -3.82. The van der Waals surface area contributed by atoms with E-state index < -0.39 is 16.1 Å². The number of urea groups is 1. The van der Waals surface area contributed by atoms with Gasteiger partial charge in [0, 0.05) is 16.3 Å². The fourth-order valence-corrected chi connectivity index (χ4v) is 3.99. The van der Waals surface area contributed by atoms with E-state index in [-0.39, 0.29) is 17.5 Å². The second kappa shape index (κ2) is 9.35. The number of amides is 2. The van der Waals surface area contributed by atoms with Crippen LogP contribution in [0.25, 0.3) is 6.08 Å². The molecule has 0 spiro atoms. The number of sulfonamides is 1. The molecule has 0 fully saturated rings. The first-order chi connectivity index (χ1) is 15.8. The van der Waals surface area contributed by atoms with E-state index in [1.165, 1.54) is 54.6 Å². The predicted octanol–water partition coefficient (Wildman–Crippen LogP) is 4.48. The van der Waals surface area contributed by atoms with Crippen LogP contribution in [0.5, 0.6) is 11.5 Å². The highest BCUT2D eigenvalue weighted by Crippen LogP contribution is 2.32. The van der Waals surface area contributed by atoms with Crippen molar-refractivity contribution in [3.05, 3.63) is 89.0 Å². The standard InChI is InChI=1S/C23H17ClN2O6S/c24-17-5-9-19(10-6-17)33(29,30)26-23(28)25-18-7-3-16(4-8-18)20(27)11-1-15-2-12-21-22(13-15)32-14-31-21/h1-13H,14H2,(H2,25,26,28)/b11-1+. The molecule has 3 aromatic rings. The molecule has 0 unspecified atom stereocenters. The Balaban J connectivity index is 1.36. The lowest BCUT2D eigenvalue weighted by Crippen LogP contribution is -2.34. The van der Waals surface area contributed by atoms with Gasteiger partial charge in [-0.1, -0.05) is 23.7 Å². The number of ketones is 1. The van der Waals surface area contributed by atoms with Crippen molar-refractivity contribution < 1.29 is 27.5 Å². The number of nitrogens with one attached hydrogen (secondary N) is 2. The SMILES string of the molecule is O=C(Nc1ccc(C(=O)/C=C/c2ccc3c(c2)OCO3)cc1)NS(=O)(=O)c1ccc(Cl)cc1. The summed E-state index contributed by atoms with van der Waals surface area (Å²) in [6.07, 6.45) is 3.08. The van der Waals surface area contributed by atoms with Gasteiger partial charge in [0.15, 0.2) is 17.3 Å². The summed E-state index contributed by atoms with van der Waals surface area (Å²) in [5.74, 6) is 1.04. The van der Waals surface area contributed by atoms with Crippen LogP contribution in [0.2, 0.25) is 5.02 Å². The number of carbonyl (C=O) groups is 2. The average molecular weight is 485 g/mol. The first-order valence-electron chi connectivity index (χ1n) is 9.62. The number of halogens is 1. The van der Waals surface area contributed by atoms with Crippen molar-refractivity contribution in [3.8, 4) is 11.5 Å². The smallest absolute Gasteiger partial charge is 0.333 e. The highest BCUT2D eigenvalue weighted by molar-refractivity contribution is 7.90. The summed E-state index contributed by atoms with van der Waals surface area (Å²) in [6.45, 7) is 0.174. The van der Waals surface area contributed by atoms with Crippen molar-refractivity contribution in [2.75, 3.05) is 12.1 Å². The van der Waals surface area contributed by atoms with E-state index in [1.54, 1.807) is 24.3 Å². The van der Waals surface area contributed by atoms with Gasteiger partial charge in [-0.2, -0.15) is 0 Å². The van der Waals surface area contributed by atoms with Crippen molar-refractivity contribution in [1.29, 1.82) is 0 Å². The van der Waals surface area contributed by atoms with Gasteiger partial charge in [0.25, 0.3) is 10.0 Å². The number of allylic oxidation sites excluding steroid dienone is 1. The summed E-state index contributed by atoms with van der Waals surface area (Å²) in [5.41, 5.74) is 1.49. The summed E-state index contributed by atoms with van der Waals surface area (Å²) in [6, 6.07) is 15.8. The molecule has 1 heterocycles. The lowest BCUT2D eigenvalue weighted by Gasteiger charge is -2.09. The van der Waals surface area contributed by atoms with Crippen molar-refractivity contribution >= 4 is 45.2 Å². The van der Waals surface area contributed by atoms with Gasteiger partial charge in [-0.3, -0.25) is 4.79 Å². The quantitative estimate of drug-likeness (QED) is 0.394. The molecule has 0 saturated heterocycles. The van der Waals surface area contributed by atoms with Crippen LogP contribution in [0.1, 0.15) is 15.9 Å². The molecule has 33 heavy (non-hydrogen) atoms. The first kappa shape index (κ1) is 22.4. The Morgan fingerprint density at radius 3 is 2.33 bits per heavy atom. The summed E-state index contributed by atoms with van der Waals surface area (Å²) in [5, 5.41) is 2.79. The molecule has 0 atom stereocenters. The summed E-state index contributed by atoms with van der Waals surface area (Å²) < 4.78 is 37.0. The molecule has 8 nitrogen and oxygen atoms in total. The summed E-state index contributed by atoms with van der Waals surface area (Å²) in [4.78, 5) is 24.4. The minimum absolute atomic E-state index is 0.0998. The number of benzene rings is 3. The molecule has 168 valence electrons. The Bertz CT molecular complexity index is 1340. The highest BCUT2D eigenvalue weighted by Gasteiger charge is 2.17. The third kappa shape index (κ3) is 5.51. The van der Waals surface area contributed by atoms with Crippen LogP contribution in [0, 0.1) is 0 Å². The maximum Gasteiger partial charge on any atom is 0.333 e. The normalized spacial score (nSPS) is 12.5. The number of rotatable bonds is 6. The van der Waals surface area contributed by atoms with Crippen LogP contribution >= 0.6 is 11.6 Å². The highest BCUT2D eigenvalue weighted by atomic mass is 35.5. The van der Waals surface area contributed by atoms with E-state index in [0.717, 1.165) is 5.56 Å². The second-order valence-electron chi connectivity index (χ2n) is 6.90. The van der Waals surface area contributed by atoms with Crippen molar-refractivity contribution in [3.63, 3.8) is 0 Å². The fraction of sp³-hybridized carbons (Fsp3) is 0.0435. The molecule has 0 aliphatic carbocycles. The number of anilines is 1. The Morgan fingerprint density at radius 1 is 0.909 bits per heavy atom. The maximum absolute atomic E-state index is 12.4. The number of ether oxygens (including phenoxy) is 2. The Morgan fingerprint density at radius 2 is 1.61 bits per heavy atom. The largest absolute Gasteiger partial charge is 0.454 e. The minimum Gasteiger partial charge on any atom is -0.454 e. The minimum atomic E-state index is -4.06. The molecule has 1 aliphatic heterocycles. The van der Waals surface area contributed by atoms with E-state index in [0.29, 0.717) is 27.8 Å². The summed E-state index contributed by atoms with van der Waals surface area (Å²) in [7, 11) is -4.06. The second-order valence-corrected chi connectivity index (χ2v) is 9.02. The number of hydrogen-bond acceptors (Lipinski definition) is 6. The number of hydrogen-bond donors (Lipinski definition) is 2. The maximum atomic E-state index is 12.4. The molecule has 4 rings (SSSR count). The molecule has 0 aromatic heterocycles. The molecule has 0 radical (unpaired) electrons. The summed E-state index contributed by atoms with van der Waals surface area (Å²) >= 11 is 5.75. The first-order valence-corrected chi connectivity index (χ1v) is 11.5. The van der Waals surface area contributed by atoms with Gasteiger partial charge in [-0.25, -0.2) is 17.9 Å². The van der Waals surface area contributed by atoms with Gasteiger partial charge in [0.05, 0.1) is 4.90 Å². The molecule has 2 amide bonds. The van der Waals surface area contributed by atoms with Crippen LogP contribution in [-0.4, -0.2) is 27.0 Å². The predicted molar refractivity (Wildman–Crippen MR) is 123 cm³/mol. The zero-order chi connectivity index (χ0) is 23.4. The van der Waals surface area contributed by atoms with Crippen LogP contribution in [-0.2, 0) is 10.0 Å². The monoisotopic (exact) mass is 484 g/mol. The van der Waals surface area contributed by atoms with Crippen LogP contribution in [0.3, 0.4) is 0 Å². The van der Waals surface area contributed by atoms with Gasteiger partial charge in [-0.05, 0) is 72.3 Å². The number of fused-ring (bicyclic) bond motifs is 1. The molecule has 0 bridgehead atoms. The van der Waals surface area contributed by atoms with Gasteiger partial charge in [-0.15, -0.1) is 0 Å². The molecule has 0 saturated carbocycles. The molecule has 3 aromatic carbocycles. The van der Waals surface area contributed by atoms with Crippen molar-refractivity contribution in [2.24, 2.45) is 0 Å². The molecular weight excluding hydrogens is 468 g/mol. The third-order valence-corrected chi connectivity index (χ3v) is 6.20. The van der Waals surface area contributed by atoms with Crippen LogP contribution < -0.4 is 19.5 Å². The van der Waals surface area contributed by atoms with E-state index >= 15 is 0 Å². The van der Waals surface area contributed by atoms with E-state index in [9.17, 15) is 18.0 Å². The van der Waals surface area contributed by atoms with E-state index in [1.807, 2.05) is 4.72 Å². The van der Waals surface area contributed by atoms with Gasteiger partial charge < -0.3 is 14.8 Å². The van der Waals surface area contributed by atoms with E-state index in [4.69, 9.17) is 21.1 Å². The third-order valence-electron chi connectivity index (χ3n) is 4.60. The van der Waals surface area contributed by atoms with Gasteiger partial charge in [0.2, 0.25) is 6.79 Å². The molecule has 10 heteroatoms. The zero-order valence-corrected chi connectivity index (χ0v) is 18.5. The Labute approximate surface area is 194 Å². The lowest BCUT2D eigenvalue weighted by atomic mass is 10.1. The zero-order valence-electron chi connectivity index (χ0n) is 16.9. The topological polar surface area (TPSA) is 111 Å². The van der Waals surface area contributed by atoms with Crippen LogP contribution in [0.4, 0.5) is 10.5 Å². The van der Waals surface area contributed by atoms with Gasteiger partial charge in [0.1, 0.15) is 0 Å². The van der Waals surface area contributed by atoms with E-state index in [2.05, 4.69) is 5.32 Å². The van der Waals surface area contributed by atoms with Crippen LogP contribution in [0.15, 0.2) is 77.7 Å². The van der Waals surface area contributed by atoms with Crippen molar-refractivity contribution in [1.82, 2.24) is 4.72 Å². The van der Waals surface area contributed by atoms with Crippen molar-refractivity contribution in [2.45, 2.75) is 4.90 Å². The number of carbonyl (C=O) groups excluding carboxylic acids is 2. The fourth-order valence-electron chi connectivity index (χ4n) is 2.95.